The summed E-state index contributed by atoms with van der Waals surface area (Å²) in [6.45, 7) is 1.88. The molecule has 1 aromatic heterocycles. The van der Waals surface area contributed by atoms with E-state index in [4.69, 9.17) is 27.9 Å². The first kappa shape index (κ1) is 27.3. The zero-order valence-corrected chi connectivity index (χ0v) is 20.5. The molecule has 1 heterocycles. The Labute approximate surface area is 215 Å². The van der Waals surface area contributed by atoms with Crippen molar-refractivity contribution in [1.82, 2.24) is 4.98 Å². The van der Waals surface area contributed by atoms with E-state index in [1.54, 1.807) is 30.3 Å². The first-order valence-corrected chi connectivity index (χ1v) is 11.4. The largest absolute Gasteiger partial charge is 0.494 e. The number of carbonyl (C=O) groups is 1. The Kier molecular flexibility index (Phi) is 9.14. The Morgan fingerprint density at radius 3 is 2.25 bits per heavy atom. The van der Waals surface area contributed by atoms with Crippen LogP contribution in [0.5, 0.6) is 5.75 Å². The smallest absolute Gasteiger partial charge is 0.416 e. The van der Waals surface area contributed by atoms with Gasteiger partial charge in [-0.2, -0.15) is 13.2 Å². The maximum Gasteiger partial charge on any atom is 0.416 e. The molecular weight excluding hydrogens is 516 g/mol. The molecule has 36 heavy (non-hydrogen) atoms. The second kappa shape index (κ2) is 12.1. The number of ether oxygens (including phenoxy) is 1. The molecule has 188 valence electrons. The lowest BCUT2D eigenvalue weighted by molar-refractivity contribution is -0.137. The van der Waals surface area contributed by atoms with E-state index in [9.17, 15) is 23.1 Å². The van der Waals surface area contributed by atoms with Crippen molar-refractivity contribution in [3.8, 4) is 5.75 Å². The van der Waals surface area contributed by atoms with E-state index in [2.05, 4.69) is 10.3 Å². The lowest BCUT2D eigenvalue weighted by atomic mass is 9.96. The third-order valence-corrected chi connectivity index (χ3v) is 5.62. The molecule has 0 atom stereocenters. The molecule has 1 amide bonds. The zero-order valence-electron chi connectivity index (χ0n) is 18.9. The van der Waals surface area contributed by atoms with E-state index < -0.39 is 24.3 Å². The number of nitrogens with zero attached hydrogens (tertiary/aromatic N) is 1. The molecule has 3 rings (SSSR count). The zero-order chi connectivity index (χ0) is 26.3. The average Bonchev–Trinajstić information content (AvgIpc) is 2.85. The summed E-state index contributed by atoms with van der Waals surface area (Å²) in [6.07, 6.45) is 1.06. The molecule has 10 heteroatoms. The summed E-state index contributed by atoms with van der Waals surface area (Å²) < 4.78 is 44.5. The number of aromatic nitrogens is 1. The molecule has 0 radical (unpaired) electrons. The number of anilines is 1. The molecule has 0 saturated heterocycles. The van der Waals surface area contributed by atoms with Crippen LogP contribution in [0.3, 0.4) is 0 Å². The van der Waals surface area contributed by atoms with E-state index in [-0.39, 0.29) is 21.4 Å². The van der Waals surface area contributed by atoms with Crippen LogP contribution in [-0.4, -0.2) is 22.6 Å². The summed E-state index contributed by atoms with van der Waals surface area (Å²) in [4.78, 5) is 16.3. The van der Waals surface area contributed by atoms with Gasteiger partial charge in [-0.15, -0.1) is 0 Å². The molecule has 0 aliphatic heterocycles. The molecule has 0 bridgehead atoms. The minimum absolute atomic E-state index is 0.0411. The van der Waals surface area contributed by atoms with Crippen LogP contribution in [-0.2, 0) is 17.6 Å². The highest BCUT2D eigenvalue weighted by Crippen LogP contribution is 2.32. The fraction of sp³-hybridized carbons (Fsp3) is 0.154. The van der Waals surface area contributed by atoms with Crippen LogP contribution in [0, 0.1) is 0 Å². The predicted octanol–water partition coefficient (Wildman–Crippen LogP) is 6.92. The number of alkyl halides is 3. The van der Waals surface area contributed by atoms with E-state index in [1.165, 1.54) is 30.5 Å². The minimum atomic E-state index is -4.45. The number of pyridine rings is 1. The first-order valence-electron chi connectivity index (χ1n) is 10.7. The Morgan fingerprint density at radius 1 is 1.08 bits per heavy atom. The highest BCUT2D eigenvalue weighted by Gasteiger charge is 2.30. The summed E-state index contributed by atoms with van der Waals surface area (Å²) in [5.41, 5.74) is 1.33. The first-order chi connectivity index (χ1) is 17.1. The summed E-state index contributed by atoms with van der Waals surface area (Å²) in [6, 6.07) is 11.8. The fourth-order valence-corrected chi connectivity index (χ4v) is 3.69. The van der Waals surface area contributed by atoms with Gasteiger partial charge in [0.25, 0.3) is 0 Å². The van der Waals surface area contributed by atoms with Gasteiger partial charge in [0.15, 0.2) is 5.15 Å². The quantitative estimate of drug-likeness (QED) is 0.186. The maximum atomic E-state index is 13.0. The van der Waals surface area contributed by atoms with Crippen LogP contribution < -0.4 is 10.1 Å². The molecule has 5 nitrogen and oxygen atoms in total. The predicted molar refractivity (Wildman–Crippen MR) is 134 cm³/mol. The van der Waals surface area contributed by atoms with Crippen LogP contribution in [0.1, 0.15) is 29.2 Å². The normalized spacial score (nSPS) is 12.1. The van der Waals surface area contributed by atoms with Gasteiger partial charge in [-0.3, -0.25) is 4.79 Å². The highest BCUT2D eigenvalue weighted by atomic mass is 35.5. The second-order valence-electron chi connectivity index (χ2n) is 7.37. The van der Waals surface area contributed by atoms with Crippen molar-refractivity contribution in [2.45, 2.75) is 19.7 Å². The second-order valence-corrected chi connectivity index (χ2v) is 8.14. The van der Waals surface area contributed by atoms with Crippen LogP contribution in [0.2, 0.25) is 10.2 Å². The van der Waals surface area contributed by atoms with Crippen LogP contribution in [0.4, 0.5) is 18.9 Å². The number of aliphatic hydroxyl groups is 1. The van der Waals surface area contributed by atoms with Gasteiger partial charge in [0.05, 0.1) is 29.5 Å². The van der Waals surface area contributed by atoms with Crippen molar-refractivity contribution >= 4 is 40.4 Å². The number of aliphatic hydroxyl groups excluding tert-OH is 1. The third-order valence-electron chi connectivity index (χ3n) is 5.00. The number of benzene rings is 2. The maximum absolute atomic E-state index is 13.0. The Hall–Kier alpha value is -3.33. The van der Waals surface area contributed by atoms with Crippen molar-refractivity contribution in [2.24, 2.45) is 0 Å². The van der Waals surface area contributed by atoms with Crippen molar-refractivity contribution < 1.29 is 27.8 Å². The summed E-state index contributed by atoms with van der Waals surface area (Å²) in [5, 5.41) is 12.2. The molecule has 2 N–H and O–H groups in total. The van der Waals surface area contributed by atoms with Gasteiger partial charge in [0.1, 0.15) is 5.75 Å². The third kappa shape index (κ3) is 6.87. The highest BCUT2D eigenvalue weighted by molar-refractivity contribution is 6.35. The lowest BCUT2D eigenvalue weighted by Gasteiger charge is -2.12. The molecule has 0 unspecified atom stereocenters. The van der Waals surface area contributed by atoms with Gasteiger partial charge in [0.2, 0.25) is 5.91 Å². The van der Waals surface area contributed by atoms with Gasteiger partial charge in [0, 0.05) is 17.8 Å². The number of nitrogens with one attached hydrogen (secondary N) is 1. The number of rotatable bonds is 8. The van der Waals surface area contributed by atoms with E-state index >= 15 is 0 Å². The number of carbonyl (C=O) groups excluding carboxylic acids is 1. The molecule has 0 fully saturated rings. The summed E-state index contributed by atoms with van der Waals surface area (Å²) in [5.74, 6) is 0.0695. The minimum Gasteiger partial charge on any atom is -0.494 e. The van der Waals surface area contributed by atoms with Crippen LogP contribution in [0.15, 0.2) is 73.0 Å². The number of amides is 1. The summed E-state index contributed by atoms with van der Waals surface area (Å²) >= 11 is 12.0. The molecule has 0 saturated carbocycles. The van der Waals surface area contributed by atoms with Crippen molar-refractivity contribution in [3.63, 3.8) is 0 Å². The van der Waals surface area contributed by atoms with Crippen molar-refractivity contribution in [3.05, 3.63) is 105 Å². The molecule has 2 aromatic carbocycles. The number of hydrogen-bond donors (Lipinski definition) is 2. The number of hydrogen-bond acceptors (Lipinski definition) is 4. The van der Waals surface area contributed by atoms with Crippen molar-refractivity contribution in [1.29, 1.82) is 0 Å². The molecule has 3 aromatic rings. The molecule has 0 aliphatic rings. The molecule has 0 aliphatic carbocycles. The van der Waals surface area contributed by atoms with E-state index in [1.807, 2.05) is 6.92 Å². The topological polar surface area (TPSA) is 71.5 Å². The molecular formula is C26H21Cl2F3N2O3. The summed E-state index contributed by atoms with van der Waals surface area (Å²) in [7, 11) is 0. The average molecular weight is 537 g/mol. The van der Waals surface area contributed by atoms with E-state index in [0.29, 0.717) is 29.1 Å². The van der Waals surface area contributed by atoms with Gasteiger partial charge >= 0.3 is 6.18 Å². The Balaban J connectivity index is 1.92. The van der Waals surface area contributed by atoms with Gasteiger partial charge in [-0.05, 0) is 47.9 Å². The number of allylic oxidation sites excluding steroid dienone is 2. The van der Waals surface area contributed by atoms with Gasteiger partial charge in [-0.25, -0.2) is 4.98 Å². The van der Waals surface area contributed by atoms with Crippen LogP contribution in [0.25, 0.3) is 5.57 Å². The lowest BCUT2D eigenvalue weighted by Crippen LogP contribution is -2.11. The molecule has 0 spiro atoms. The monoisotopic (exact) mass is 536 g/mol. The van der Waals surface area contributed by atoms with E-state index in [0.717, 1.165) is 12.1 Å². The van der Waals surface area contributed by atoms with Gasteiger partial charge < -0.3 is 15.2 Å². The van der Waals surface area contributed by atoms with Gasteiger partial charge in [-0.1, -0.05) is 59.6 Å². The fourth-order valence-electron chi connectivity index (χ4n) is 3.27. The number of halogens is 5. The van der Waals surface area contributed by atoms with Crippen LogP contribution >= 0.6 is 23.2 Å². The van der Waals surface area contributed by atoms with Crippen molar-refractivity contribution in [2.75, 3.05) is 11.9 Å². The Bertz CT molecular complexity index is 1270. The Morgan fingerprint density at radius 2 is 1.69 bits per heavy atom. The standard InChI is InChI=1S/C26H21Cl2F3N2O3/c1-2-36-19-12-8-17(9-13-19)20(16-6-10-18(11-7-16)26(29,30)31)4-3-5-23(35)33-24-21(15-34)22(27)14-32-25(24)28/h3-14,34H,2,15H2,1H3,(H,33,35). The SMILES string of the molecule is CCOc1ccc(C(=CC=CC(=O)Nc2c(Cl)ncc(Cl)c2CO)c2ccc(C(F)(F)F)cc2)cc1.